The van der Waals surface area contributed by atoms with Crippen molar-refractivity contribution in [3.05, 3.63) is 137 Å². The van der Waals surface area contributed by atoms with Crippen molar-refractivity contribution in [2.24, 2.45) is 0 Å². The first-order valence-electron chi connectivity index (χ1n) is 16.1. The summed E-state index contributed by atoms with van der Waals surface area (Å²) in [7, 11) is 0. The van der Waals surface area contributed by atoms with Crippen molar-refractivity contribution in [3.63, 3.8) is 0 Å². The molecule has 0 bridgehead atoms. The van der Waals surface area contributed by atoms with E-state index in [0.717, 1.165) is 44.6 Å². The summed E-state index contributed by atoms with van der Waals surface area (Å²) in [4.78, 5) is 9.38. The molecule has 0 saturated carbocycles. The van der Waals surface area contributed by atoms with Crippen LogP contribution in [0, 0.1) is 11.4 Å². The van der Waals surface area contributed by atoms with Crippen LogP contribution in [0.3, 0.4) is 0 Å². The van der Waals surface area contributed by atoms with E-state index in [-0.39, 0.29) is 20.1 Å². The first-order chi connectivity index (χ1) is 22.1. The Bertz CT molecular complexity index is 2030. The molecule has 7 rings (SSSR count). The molecule has 0 fully saturated rings. The zero-order chi connectivity index (χ0) is 32.4. The summed E-state index contributed by atoms with van der Waals surface area (Å²) in [5.74, 6) is 1.01. The molecule has 3 aromatic heterocycles. The molecule has 4 aromatic carbocycles. The average molecular weight is 799 g/mol. The van der Waals surface area contributed by atoms with E-state index in [0.29, 0.717) is 11.8 Å². The van der Waals surface area contributed by atoms with Crippen molar-refractivity contribution in [2.75, 3.05) is 0 Å². The molecule has 0 amide bonds. The fourth-order valence-electron chi connectivity index (χ4n) is 5.72. The van der Waals surface area contributed by atoms with Crippen molar-refractivity contribution in [1.82, 2.24) is 14.5 Å². The van der Waals surface area contributed by atoms with Crippen molar-refractivity contribution in [3.8, 4) is 28.3 Å². The van der Waals surface area contributed by atoms with Crippen molar-refractivity contribution >= 4 is 32.5 Å². The normalized spacial score (nSPS) is 11.8. The van der Waals surface area contributed by atoms with E-state index in [9.17, 15) is 0 Å². The summed E-state index contributed by atoms with van der Waals surface area (Å²) in [5.41, 5.74) is 9.99. The monoisotopic (exact) mass is 799 g/mol. The Morgan fingerprint density at radius 2 is 1.50 bits per heavy atom. The largest absolute Gasteiger partial charge is 0.333 e. The molecule has 235 valence electrons. The average Bonchev–Trinajstić information content (AvgIpc) is 3.66. The number of rotatable bonds is 6. The molecular weight excluding hydrogens is 759 g/mol. The summed E-state index contributed by atoms with van der Waals surface area (Å²) < 4.78 is 12.1. The molecule has 0 saturated heterocycles. The molecular formula is C41H39IrN3S-2. The number of para-hydroxylation sites is 3. The Kier molecular flexibility index (Phi) is 10.2. The summed E-state index contributed by atoms with van der Waals surface area (Å²) in [6.45, 7) is 12.9. The third-order valence-electron chi connectivity index (χ3n) is 8.09. The Labute approximate surface area is 292 Å². The van der Waals surface area contributed by atoms with E-state index in [2.05, 4.69) is 109 Å². The van der Waals surface area contributed by atoms with Gasteiger partial charge in [-0.15, -0.1) is 47.3 Å². The zero-order valence-electron chi connectivity index (χ0n) is 28.1. The van der Waals surface area contributed by atoms with Gasteiger partial charge in [0.2, 0.25) is 0 Å². The van der Waals surface area contributed by atoms with E-state index < -0.39 is 5.89 Å². The van der Waals surface area contributed by atoms with Crippen LogP contribution in [0.2, 0.25) is 0 Å². The number of benzene rings is 4. The second-order valence-corrected chi connectivity index (χ2v) is 13.0. The summed E-state index contributed by atoms with van der Waals surface area (Å²) >= 11 is 1.62. The van der Waals surface area contributed by atoms with Crippen LogP contribution < -0.4 is 0 Å². The van der Waals surface area contributed by atoms with Gasteiger partial charge in [-0.1, -0.05) is 117 Å². The van der Waals surface area contributed by atoms with Gasteiger partial charge < -0.3 is 9.55 Å². The van der Waals surface area contributed by atoms with Crippen molar-refractivity contribution < 1.29 is 21.5 Å². The number of pyridine rings is 1. The number of aromatic nitrogens is 3. The second-order valence-electron chi connectivity index (χ2n) is 12.1. The molecule has 3 heterocycles. The van der Waals surface area contributed by atoms with Crippen LogP contribution in [-0.2, 0) is 20.1 Å². The van der Waals surface area contributed by atoms with Gasteiger partial charge in [0.1, 0.15) is 0 Å². The number of imidazole rings is 1. The molecule has 0 aliphatic carbocycles. The fraction of sp³-hybridized carbons (Fsp3) is 0.220. The molecule has 3 nitrogen and oxygen atoms in total. The van der Waals surface area contributed by atoms with Crippen LogP contribution in [0.15, 0.2) is 109 Å². The van der Waals surface area contributed by atoms with Gasteiger partial charge in [-0.05, 0) is 52.7 Å². The predicted octanol–water partition coefficient (Wildman–Crippen LogP) is 11.6. The number of fused-ring (bicyclic) bond motifs is 2. The number of hydrogen-bond acceptors (Lipinski definition) is 3. The van der Waals surface area contributed by atoms with E-state index in [1.807, 2.05) is 56.3 Å². The smallest absolute Gasteiger partial charge is 0.0774 e. The second kappa shape index (κ2) is 14.7. The minimum absolute atomic E-state index is 0. The maximum absolute atomic E-state index is 8.56. The molecule has 7 aromatic rings. The quantitative estimate of drug-likeness (QED) is 0.157. The van der Waals surface area contributed by atoms with E-state index in [1.165, 1.54) is 21.5 Å². The van der Waals surface area contributed by atoms with Crippen LogP contribution in [0.5, 0.6) is 0 Å². The third-order valence-corrected chi connectivity index (χ3v) is 8.97. The molecule has 5 heteroatoms. The summed E-state index contributed by atoms with van der Waals surface area (Å²) in [6, 6.07) is 38.3. The van der Waals surface area contributed by atoms with Gasteiger partial charge in [-0.2, -0.15) is 0 Å². The van der Waals surface area contributed by atoms with Crippen molar-refractivity contribution in [1.29, 1.82) is 0 Å². The van der Waals surface area contributed by atoms with Gasteiger partial charge in [0, 0.05) is 33.4 Å². The third kappa shape index (κ3) is 6.78. The van der Waals surface area contributed by atoms with Crippen LogP contribution in [0.1, 0.15) is 77.3 Å². The van der Waals surface area contributed by atoms with Crippen LogP contribution in [-0.4, -0.2) is 14.5 Å². The Balaban J connectivity index is 0.000000280. The molecule has 0 N–H and O–H groups in total. The first-order valence-corrected chi connectivity index (χ1v) is 16.4. The topological polar surface area (TPSA) is 30.7 Å². The predicted molar refractivity (Wildman–Crippen MR) is 192 cm³/mol. The molecule has 0 unspecified atom stereocenters. The molecule has 0 spiro atoms. The fourth-order valence-corrected chi connectivity index (χ4v) is 6.54. The standard InChI is InChI=1S/C30H31N2S.C11H8N.Ir/c1-18(2)21-14-15-28-24(16-21)25(17-33-28)30-31-26-12-7-8-13-27(26)32(30)29-22(19(3)4)10-9-11-23(29)20(5)6;1-2-6-10(7-3-1)11-8-4-5-9-12-11;/h7-16,18-20H,1-6H3;1-6,8-9H;/q2*-1;/i18D;;. The number of hydrogen-bond donors (Lipinski definition) is 0. The molecule has 0 aliphatic heterocycles. The maximum Gasteiger partial charge on any atom is 0.0774 e. The number of nitrogens with zero attached hydrogens (tertiary/aromatic N) is 3. The van der Waals surface area contributed by atoms with Crippen LogP contribution >= 0.6 is 11.3 Å². The van der Waals surface area contributed by atoms with E-state index >= 15 is 0 Å². The SMILES string of the molecule is [2H]C(C)(C)c1ccc2s[c-]c(-c3nc4ccccc4n3-c3c(C(C)C)cccc3C(C)C)c2c1.[Ir].[c-]1ccccc1-c1ccccn1. The molecule has 0 atom stereocenters. The minimum atomic E-state index is -0.664. The van der Waals surface area contributed by atoms with Crippen LogP contribution in [0.25, 0.3) is 49.5 Å². The number of thiophene rings is 1. The van der Waals surface area contributed by atoms with Gasteiger partial charge in [0.15, 0.2) is 0 Å². The summed E-state index contributed by atoms with van der Waals surface area (Å²) in [6.07, 6.45) is 1.79. The minimum Gasteiger partial charge on any atom is -0.333 e. The van der Waals surface area contributed by atoms with Crippen molar-refractivity contribution in [2.45, 2.75) is 59.3 Å². The Morgan fingerprint density at radius 3 is 2.15 bits per heavy atom. The van der Waals surface area contributed by atoms with Gasteiger partial charge in [-0.3, -0.25) is 16.3 Å². The van der Waals surface area contributed by atoms with Gasteiger partial charge >= 0.3 is 0 Å². The van der Waals surface area contributed by atoms with Crippen LogP contribution in [0.4, 0.5) is 0 Å². The molecule has 46 heavy (non-hydrogen) atoms. The first kappa shape index (κ1) is 32.1. The maximum atomic E-state index is 8.56. The summed E-state index contributed by atoms with van der Waals surface area (Å²) in [5, 5.41) is 4.69. The molecule has 1 radical (unpaired) electrons. The van der Waals surface area contributed by atoms with E-state index in [1.54, 1.807) is 17.5 Å². The molecule has 0 aliphatic rings. The zero-order valence-corrected chi connectivity index (χ0v) is 30.3. The Morgan fingerprint density at radius 1 is 0.783 bits per heavy atom. The van der Waals surface area contributed by atoms with Gasteiger partial charge in [0.25, 0.3) is 0 Å². The van der Waals surface area contributed by atoms with E-state index in [4.69, 9.17) is 6.35 Å². The Hall–Kier alpha value is -3.89. The van der Waals surface area contributed by atoms with Gasteiger partial charge in [-0.25, -0.2) is 0 Å². The van der Waals surface area contributed by atoms with Gasteiger partial charge in [0.05, 0.1) is 16.9 Å².